The number of allylic oxidation sites excluding steroid dienone is 1. The summed E-state index contributed by atoms with van der Waals surface area (Å²) in [6.07, 6.45) is 21.0. The maximum absolute atomic E-state index is 4.20. The number of aromatic nitrogens is 1. The van der Waals surface area contributed by atoms with Crippen LogP contribution in [0.25, 0.3) is 17.7 Å². The molecule has 1 aromatic rings. The lowest BCUT2D eigenvalue weighted by molar-refractivity contribution is 0.0966. The van der Waals surface area contributed by atoms with Crippen LogP contribution >= 0.6 is 0 Å². The van der Waals surface area contributed by atoms with E-state index in [1.165, 1.54) is 92.5 Å². The van der Waals surface area contributed by atoms with Crippen molar-refractivity contribution < 1.29 is 0 Å². The molecule has 2 saturated heterocycles. The Bertz CT molecular complexity index is 770. The van der Waals surface area contributed by atoms with Gasteiger partial charge in [-0.25, -0.2) is 0 Å². The van der Waals surface area contributed by atoms with E-state index in [1.54, 1.807) is 0 Å². The van der Waals surface area contributed by atoms with E-state index < -0.39 is 0 Å². The lowest BCUT2D eigenvalue weighted by atomic mass is 9.87. The lowest BCUT2D eigenvalue weighted by Crippen LogP contribution is -2.43. The SMILES string of the molecule is C=C(C)c1cn(CCCN2C3CCC2CC(CCCC)C3)c2c1=CCCC=2. The molecule has 2 fully saturated rings. The highest BCUT2D eigenvalue weighted by Gasteiger charge is 2.39. The standard InChI is InChI=1S/C25H38N2/c1-4-5-9-20-16-21-12-13-22(17-20)27(21)15-8-14-26-18-24(19(2)3)23-10-6-7-11-25(23)26/h10-11,18,20-22H,2,4-9,12-17H2,1,3H3. The quantitative estimate of drug-likeness (QED) is 0.647. The van der Waals surface area contributed by atoms with Crippen molar-refractivity contribution in [3.63, 3.8) is 0 Å². The van der Waals surface area contributed by atoms with Gasteiger partial charge in [-0.05, 0) is 63.4 Å². The number of piperidine rings is 1. The highest BCUT2D eigenvalue weighted by molar-refractivity contribution is 5.63. The lowest BCUT2D eigenvalue weighted by Gasteiger charge is -2.39. The van der Waals surface area contributed by atoms with Gasteiger partial charge in [0.1, 0.15) is 0 Å². The molecule has 0 spiro atoms. The number of unbranched alkanes of at least 4 members (excludes halogenated alkanes) is 1. The van der Waals surface area contributed by atoms with Gasteiger partial charge >= 0.3 is 0 Å². The molecule has 2 heteroatoms. The first-order valence-corrected chi connectivity index (χ1v) is 11.5. The van der Waals surface area contributed by atoms with Crippen LogP contribution < -0.4 is 10.6 Å². The van der Waals surface area contributed by atoms with Crippen LogP contribution in [0.1, 0.15) is 83.6 Å². The molecule has 2 unspecified atom stereocenters. The van der Waals surface area contributed by atoms with Crippen LogP contribution in [0.3, 0.4) is 0 Å². The molecule has 0 amide bonds. The molecule has 2 aliphatic heterocycles. The predicted octanol–water partition coefficient (Wildman–Crippen LogP) is 4.70. The summed E-state index contributed by atoms with van der Waals surface area (Å²) in [5.74, 6) is 1.01. The van der Waals surface area contributed by atoms with Crippen LogP contribution in [0, 0.1) is 5.92 Å². The van der Waals surface area contributed by atoms with Gasteiger partial charge in [-0.2, -0.15) is 0 Å². The molecule has 2 nitrogen and oxygen atoms in total. The molecule has 3 heterocycles. The second-order valence-corrected chi connectivity index (χ2v) is 9.26. The van der Waals surface area contributed by atoms with Crippen molar-refractivity contribution in [1.29, 1.82) is 0 Å². The van der Waals surface area contributed by atoms with Gasteiger partial charge < -0.3 is 4.57 Å². The molecule has 0 saturated carbocycles. The van der Waals surface area contributed by atoms with Crippen molar-refractivity contribution >= 4 is 17.7 Å². The van der Waals surface area contributed by atoms with Crippen LogP contribution in [0.4, 0.5) is 0 Å². The van der Waals surface area contributed by atoms with E-state index in [-0.39, 0.29) is 0 Å². The molecule has 2 bridgehead atoms. The number of nitrogens with zero attached hydrogens (tertiary/aromatic N) is 2. The molecule has 1 aromatic heterocycles. The van der Waals surface area contributed by atoms with Gasteiger partial charge in [0.15, 0.2) is 0 Å². The maximum Gasteiger partial charge on any atom is 0.0442 e. The summed E-state index contributed by atoms with van der Waals surface area (Å²) in [5, 5.41) is 2.88. The van der Waals surface area contributed by atoms with Gasteiger partial charge in [-0.15, -0.1) is 0 Å². The minimum atomic E-state index is 0.884. The van der Waals surface area contributed by atoms with E-state index in [0.29, 0.717) is 0 Å². The van der Waals surface area contributed by atoms with Crippen LogP contribution in [0.2, 0.25) is 0 Å². The predicted molar refractivity (Wildman–Crippen MR) is 117 cm³/mol. The second-order valence-electron chi connectivity index (χ2n) is 9.26. The summed E-state index contributed by atoms with van der Waals surface area (Å²) in [7, 11) is 0. The summed E-state index contributed by atoms with van der Waals surface area (Å²) < 4.78 is 2.50. The number of rotatable bonds is 8. The van der Waals surface area contributed by atoms with E-state index >= 15 is 0 Å². The molecule has 148 valence electrons. The maximum atomic E-state index is 4.20. The van der Waals surface area contributed by atoms with E-state index in [2.05, 4.69) is 48.2 Å². The molecule has 2 atom stereocenters. The summed E-state index contributed by atoms with van der Waals surface area (Å²) in [5.41, 5.74) is 2.56. The van der Waals surface area contributed by atoms with Gasteiger partial charge in [0, 0.05) is 47.5 Å². The third-order valence-electron chi connectivity index (χ3n) is 7.24. The Labute approximate surface area is 165 Å². The summed E-state index contributed by atoms with van der Waals surface area (Å²) in [6, 6.07) is 1.77. The number of hydrogen-bond acceptors (Lipinski definition) is 1. The first kappa shape index (κ1) is 19.1. The van der Waals surface area contributed by atoms with Crippen molar-refractivity contribution in [2.24, 2.45) is 5.92 Å². The highest BCUT2D eigenvalue weighted by atomic mass is 15.2. The van der Waals surface area contributed by atoms with Gasteiger partial charge in [-0.1, -0.05) is 44.9 Å². The zero-order chi connectivity index (χ0) is 18.8. The monoisotopic (exact) mass is 366 g/mol. The van der Waals surface area contributed by atoms with Crippen LogP contribution in [0.15, 0.2) is 12.8 Å². The van der Waals surface area contributed by atoms with Gasteiger partial charge in [-0.3, -0.25) is 4.90 Å². The van der Waals surface area contributed by atoms with E-state index in [4.69, 9.17) is 0 Å². The van der Waals surface area contributed by atoms with Gasteiger partial charge in [0.2, 0.25) is 0 Å². The number of aryl methyl sites for hydroxylation is 1. The first-order chi connectivity index (χ1) is 13.2. The minimum absolute atomic E-state index is 0.884. The van der Waals surface area contributed by atoms with Crippen molar-refractivity contribution in [1.82, 2.24) is 9.47 Å². The smallest absolute Gasteiger partial charge is 0.0442 e. The molecule has 0 aromatic carbocycles. The number of hydrogen-bond donors (Lipinski definition) is 0. The molecular formula is C25H38N2. The average Bonchev–Trinajstić information content (AvgIpc) is 3.15. The average molecular weight is 367 g/mol. The highest BCUT2D eigenvalue weighted by Crippen LogP contribution is 2.40. The molecule has 0 radical (unpaired) electrons. The van der Waals surface area contributed by atoms with Crippen LogP contribution in [-0.2, 0) is 6.54 Å². The summed E-state index contributed by atoms with van der Waals surface area (Å²) in [6.45, 7) is 11.1. The zero-order valence-corrected chi connectivity index (χ0v) is 17.6. The normalized spacial score (nSPS) is 27.1. The molecule has 0 N–H and O–H groups in total. The fraction of sp³-hybridized carbons (Fsp3) is 0.680. The van der Waals surface area contributed by atoms with Crippen LogP contribution in [0.5, 0.6) is 0 Å². The Kier molecular flexibility index (Phi) is 5.92. The Balaban J connectivity index is 1.37. The third-order valence-corrected chi connectivity index (χ3v) is 7.24. The third kappa shape index (κ3) is 3.97. The van der Waals surface area contributed by atoms with Gasteiger partial charge in [0.25, 0.3) is 0 Å². The molecule has 27 heavy (non-hydrogen) atoms. The molecule has 1 aliphatic carbocycles. The van der Waals surface area contributed by atoms with Crippen molar-refractivity contribution in [2.45, 2.75) is 96.7 Å². The molecule has 4 rings (SSSR count). The molecule has 3 aliphatic rings. The fourth-order valence-corrected chi connectivity index (χ4v) is 5.91. The van der Waals surface area contributed by atoms with E-state index in [0.717, 1.165) is 24.5 Å². The number of fused-ring (bicyclic) bond motifs is 3. The summed E-state index contributed by atoms with van der Waals surface area (Å²) >= 11 is 0. The largest absolute Gasteiger partial charge is 0.347 e. The van der Waals surface area contributed by atoms with Crippen molar-refractivity contribution in [3.8, 4) is 0 Å². The van der Waals surface area contributed by atoms with Crippen LogP contribution in [-0.4, -0.2) is 28.1 Å². The fourth-order valence-electron chi connectivity index (χ4n) is 5.91. The van der Waals surface area contributed by atoms with Gasteiger partial charge in [0.05, 0.1) is 0 Å². The van der Waals surface area contributed by atoms with E-state index in [9.17, 15) is 0 Å². The second kappa shape index (κ2) is 8.39. The van der Waals surface area contributed by atoms with E-state index in [1.807, 2.05) is 0 Å². The van der Waals surface area contributed by atoms with Crippen molar-refractivity contribution in [3.05, 3.63) is 28.9 Å². The Hall–Kier alpha value is -1.28. The topological polar surface area (TPSA) is 8.17 Å². The molecular weight excluding hydrogens is 328 g/mol. The van der Waals surface area contributed by atoms with Crippen molar-refractivity contribution in [2.75, 3.05) is 6.54 Å². The zero-order valence-electron chi connectivity index (χ0n) is 17.6. The Morgan fingerprint density at radius 3 is 2.52 bits per heavy atom. The Morgan fingerprint density at radius 1 is 1.07 bits per heavy atom. The Morgan fingerprint density at radius 2 is 1.81 bits per heavy atom. The first-order valence-electron chi connectivity index (χ1n) is 11.5. The summed E-state index contributed by atoms with van der Waals surface area (Å²) in [4.78, 5) is 2.88. The minimum Gasteiger partial charge on any atom is -0.347 e.